The van der Waals surface area contributed by atoms with E-state index in [1.165, 1.54) is 0 Å². The highest BCUT2D eigenvalue weighted by Crippen LogP contribution is 2.33. The predicted octanol–water partition coefficient (Wildman–Crippen LogP) is 1.45. The molecule has 0 saturated carbocycles. The van der Waals surface area contributed by atoms with Crippen molar-refractivity contribution in [2.45, 2.75) is 31.9 Å². The number of carbonyl (C=O) groups excluding carboxylic acids is 1. The van der Waals surface area contributed by atoms with Gasteiger partial charge in [0, 0.05) is 24.9 Å². The zero-order chi connectivity index (χ0) is 16.9. The Morgan fingerprint density at radius 2 is 2.21 bits per heavy atom. The van der Waals surface area contributed by atoms with E-state index < -0.39 is 0 Å². The van der Waals surface area contributed by atoms with Crippen LogP contribution in [0.2, 0.25) is 0 Å². The highest BCUT2D eigenvalue weighted by atomic mass is 16.5. The molecular formula is C18H27N3O3. The topological polar surface area (TPSA) is 63.7 Å². The van der Waals surface area contributed by atoms with Crippen molar-refractivity contribution in [1.82, 2.24) is 15.2 Å². The molecule has 2 saturated heterocycles. The number of piperidine rings is 1. The summed E-state index contributed by atoms with van der Waals surface area (Å²) in [5.41, 5.74) is 0.892. The number of ether oxygens (including phenoxy) is 2. The van der Waals surface area contributed by atoms with Crippen molar-refractivity contribution in [3.05, 3.63) is 23.9 Å². The summed E-state index contributed by atoms with van der Waals surface area (Å²) in [5.74, 6) is 1.10. The van der Waals surface area contributed by atoms with E-state index >= 15 is 0 Å². The summed E-state index contributed by atoms with van der Waals surface area (Å²) in [5, 5.41) is 3.04. The van der Waals surface area contributed by atoms with Gasteiger partial charge in [-0.05, 0) is 51.4 Å². The van der Waals surface area contributed by atoms with Gasteiger partial charge in [0.15, 0.2) is 0 Å². The molecule has 0 spiro atoms. The monoisotopic (exact) mass is 333 g/mol. The van der Waals surface area contributed by atoms with Crippen LogP contribution < -0.4 is 10.1 Å². The Morgan fingerprint density at radius 1 is 1.42 bits per heavy atom. The zero-order valence-electron chi connectivity index (χ0n) is 14.5. The summed E-state index contributed by atoms with van der Waals surface area (Å²) in [6.45, 7) is 3.30. The van der Waals surface area contributed by atoms with Gasteiger partial charge in [0.25, 0.3) is 0 Å². The zero-order valence-corrected chi connectivity index (χ0v) is 14.5. The summed E-state index contributed by atoms with van der Waals surface area (Å²) in [6, 6.07) is 3.77. The maximum absolute atomic E-state index is 12.7. The summed E-state index contributed by atoms with van der Waals surface area (Å²) in [4.78, 5) is 19.2. The number of hydrogen-bond acceptors (Lipinski definition) is 5. The molecule has 1 N–H and O–H groups in total. The Hall–Kier alpha value is -1.66. The van der Waals surface area contributed by atoms with Gasteiger partial charge in [0.2, 0.25) is 11.8 Å². The molecule has 2 atom stereocenters. The van der Waals surface area contributed by atoms with Gasteiger partial charge in [-0.2, -0.15) is 0 Å². The normalized spacial score (nSPS) is 25.6. The number of nitrogens with zero attached hydrogens (tertiary/aromatic N) is 2. The molecule has 24 heavy (non-hydrogen) atoms. The van der Waals surface area contributed by atoms with E-state index in [0.29, 0.717) is 24.9 Å². The van der Waals surface area contributed by atoms with Crippen LogP contribution in [0.15, 0.2) is 18.3 Å². The van der Waals surface area contributed by atoms with Gasteiger partial charge in [0.1, 0.15) is 0 Å². The molecule has 3 rings (SSSR count). The second-order valence-electron chi connectivity index (χ2n) is 6.76. The van der Waals surface area contributed by atoms with Crippen LogP contribution in [-0.2, 0) is 16.1 Å². The van der Waals surface area contributed by atoms with Crippen LogP contribution in [0.1, 0.15) is 24.8 Å². The van der Waals surface area contributed by atoms with Crippen LogP contribution in [0.25, 0.3) is 0 Å². The van der Waals surface area contributed by atoms with Crippen molar-refractivity contribution in [2.24, 2.45) is 11.8 Å². The van der Waals surface area contributed by atoms with E-state index in [1.807, 2.05) is 12.1 Å². The molecule has 3 heterocycles. The number of hydrogen-bond donors (Lipinski definition) is 1. The number of aromatic nitrogens is 1. The van der Waals surface area contributed by atoms with Crippen molar-refractivity contribution in [3.63, 3.8) is 0 Å². The lowest BCUT2D eigenvalue weighted by atomic mass is 9.84. The first-order chi connectivity index (χ1) is 11.7. The van der Waals surface area contributed by atoms with Gasteiger partial charge >= 0.3 is 0 Å². The summed E-state index contributed by atoms with van der Waals surface area (Å²) < 4.78 is 11.2. The highest BCUT2D eigenvalue weighted by Gasteiger charge is 2.39. The average Bonchev–Trinajstić information content (AvgIpc) is 3.10. The third-order valence-electron chi connectivity index (χ3n) is 5.20. The molecule has 1 aromatic heterocycles. The first-order valence-corrected chi connectivity index (χ1v) is 8.74. The number of likely N-dealkylation sites (tertiary alicyclic amines) is 1. The number of methoxy groups -OCH3 is 1. The van der Waals surface area contributed by atoms with Gasteiger partial charge in [-0.3, -0.25) is 4.79 Å². The minimum Gasteiger partial charge on any atom is -0.481 e. The van der Waals surface area contributed by atoms with E-state index in [1.54, 1.807) is 13.3 Å². The number of carbonyl (C=O) groups is 1. The minimum absolute atomic E-state index is 0.0407. The van der Waals surface area contributed by atoms with Crippen LogP contribution in [-0.4, -0.2) is 55.7 Å². The van der Waals surface area contributed by atoms with Crippen molar-refractivity contribution < 1.29 is 14.3 Å². The Kier molecular flexibility index (Phi) is 5.68. The molecule has 0 bridgehead atoms. The molecular weight excluding hydrogens is 306 g/mol. The van der Waals surface area contributed by atoms with E-state index in [-0.39, 0.29) is 17.9 Å². The third-order valence-corrected chi connectivity index (χ3v) is 5.20. The quantitative estimate of drug-likeness (QED) is 0.884. The average molecular weight is 333 g/mol. The van der Waals surface area contributed by atoms with Gasteiger partial charge in [-0.15, -0.1) is 0 Å². The SMILES string of the molecule is COc1ncccc1CNC(=O)[C@H]1CCO[C@@H]1C1CCN(C)CC1. The third kappa shape index (κ3) is 3.87. The molecule has 0 aliphatic carbocycles. The minimum atomic E-state index is -0.0407. The maximum atomic E-state index is 12.7. The Bertz CT molecular complexity index is 558. The first-order valence-electron chi connectivity index (χ1n) is 8.74. The summed E-state index contributed by atoms with van der Waals surface area (Å²) in [6.07, 6.45) is 4.79. The number of nitrogens with one attached hydrogen (secondary N) is 1. The molecule has 0 aromatic carbocycles. The van der Waals surface area contributed by atoms with Crippen molar-refractivity contribution in [1.29, 1.82) is 0 Å². The van der Waals surface area contributed by atoms with Gasteiger partial charge in [-0.1, -0.05) is 6.07 Å². The van der Waals surface area contributed by atoms with Crippen LogP contribution in [0.5, 0.6) is 5.88 Å². The van der Waals surface area contributed by atoms with Crippen LogP contribution in [0.3, 0.4) is 0 Å². The molecule has 2 aliphatic rings. The van der Waals surface area contributed by atoms with Gasteiger partial charge < -0.3 is 19.7 Å². The smallest absolute Gasteiger partial charge is 0.226 e. The fourth-order valence-corrected chi connectivity index (χ4v) is 3.77. The maximum Gasteiger partial charge on any atom is 0.226 e. The number of pyridine rings is 1. The van der Waals surface area contributed by atoms with E-state index in [9.17, 15) is 4.79 Å². The lowest BCUT2D eigenvalue weighted by molar-refractivity contribution is -0.128. The van der Waals surface area contributed by atoms with Gasteiger partial charge in [0.05, 0.1) is 19.1 Å². The van der Waals surface area contributed by atoms with E-state index in [0.717, 1.165) is 37.9 Å². The standard InChI is InChI=1S/C18H27N3O3/c1-21-9-5-13(6-10-21)16-15(7-11-24-16)17(22)20-12-14-4-3-8-19-18(14)23-2/h3-4,8,13,15-16H,5-7,9-12H2,1-2H3,(H,20,22)/t15-,16+/m0/s1. The fraction of sp³-hybridized carbons (Fsp3) is 0.667. The molecule has 6 heteroatoms. The molecule has 6 nitrogen and oxygen atoms in total. The van der Waals surface area contributed by atoms with Crippen molar-refractivity contribution >= 4 is 5.91 Å². The second-order valence-corrected chi connectivity index (χ2v) is 6.76. The largest absolute Gasteiger partial charge is 0.481 e. The lowest BCUT2D eigenvalue weighted by Crippen LogP contribution is -2.42. The second kappa shape index (κ2) is 7.94. The molecule has 0 unspecified atom stereocenters. The Morgan fingerprint density at radius 3 is 2.96 bits per heavy atom. The number of amides is 1. The predicted molar refractivity (Wildman–Crippen MR) is 90.7 cm³/mol. The molecule has 2 fully saturated rings. The van der Waals surface area contributed by atoms with E-state index in [4.69, 9.17) is 9.47 Å². The number of rotatable bonds is 5. The molecule has 132 valence electrons. The lowest BCUT2D eigenvalue weighted by Gasteiger charge is -2.34. The van der Waals surface area contributed by atoms with Crippen LogP contribution in [0, 0.1) is 11.8 Å². The molecule has 0 radical (unpaired) electrons. The first kappa shape index (κ1) is 17.2. The van der Waals surface area contributed by atoms with Gasteiger partial charge in [-0.25, -0.2) is 4.98 Å². The summed E-state index contributed by atoms with van der Waals surface area (Å²) >= 11 is 0. The van der Waals surface area contributed by atoms with Crippen molar-refractivity contribution in [2.75, 3.05) is 33.9 Å². The Balaban J connectivity index is 1.57. The fourth-order valence-electron chi connectivity index (χ4n) is 3.77. The molecule has 1 aromatic rings. The highest BCUT2D eigenvalue weighted by molar-refractivity contribution is 5.79. The molecule has 2 aliphatic heterocycles. The van der Waals surface area contributed by atoms with Crippen LogP contribution >= 0.6 is 0 Å². The van der Waals surface area contributed by atoms with Crippen LogP contribution in [0.4, 0.5) is 0 Å². The Labute approximate surface area is 143 Å². The van der Waals surface area contributed by atoms with Crippen molar-refractivity contribution in [3.8, 4) is 5.88 Å². The van der Waals surface area contributed by atoms with E-state index in [2.05, 4.69) is 22.2 Å². The molecule has 1 amide bonds. The summed E-state index contributed by atoms with van der Waals surface area (Å²) in [7, 11) is 3.74.